The molecule has 8 nitrogen and oxygen atoms in total. The summed E-state index contributed by atoms with van der Waals surface area (Å²) in [5.41, 5.74) is 2.77. The molecule has 31 heavy (non-hydrogen) atoms. The van der Waals surface area contributed by atoms with Crippen LogP contribution in [0.3, 0.4) is 0 Å². The van der Waals surface area contributed by atoms with E-state index in [1.54, 1.807) is 31.6 Å². The standard InChI is InChI=1S/C23H31N5O3/c1-17-5-6-19(21(12-17)31-16-18-7-11-30-15-18)14-28-23(24-2)27-10-9-26-22(29)20-4-3-8-25-13-20/h3-6,8,12-13,18H,7,9-11,14-16H2,1-2H3,(H,26,29)(H2,24,27,28). The Morgan fingerprint density at radius 3 is 2.87 bits per heavy atom. The van der Waals surface area contributed by atoms with Crippen molar-refractivity contribution in [3.8, 4) is 5.75 Å². The fraction of sp³-hybridized carbons (Fsp3) is 0.435. The van der Waals surface area contributed by atoms with E-state index in [4.69, 9.17) is 9.47 Å². The second-order valence-corrected chi connectivity index (χ2v) is 7.50. The van der Waals surface area contributed by atoms with Gasteiger partial charge in [-0.05, 0) is 37.1 Å². The molecule has 0 radical (unpaired) electrons. The van der Waals surface area contributed by atoms with Gasteiger partial charge in [-0.25, -0.2) is 0 Å². The molecule has 1 amide bonds. The maximum Gasteiger partial charge on any atom is 0.252 e. The summed E-state index contributed by atoms with van der Waals surface area (Å²) in [7, 11) is 1.72. The van der Waals surface area contributed by atoms with Crippen molar-refractivity contribution in [3.63, 3.8) is 0 Å². The zero-order valence-corrected chi connectivity index (χ0v) is 18.2. The van der Waals surface area contributed by atoms with Crippen LogP contribution in [0.15, 0.2) is 47.7 Å². The lowest BCUT2D eigenvalue weighted by Gasteiger charge is -2.17. The van der Waals surface area contributed by atoms with Gasteiger partial charge in [0.2, 0.25) is 0 Å². The van der Waals surface area contributed by atoms with Crippen molar-refractivity contribution < 1.29 is 14.3 Å². The van der Waals surface area contributed by atoms with Crippen molar-refractivity contribution >= 4 is 11.9 Å². The van der Waals surface area contributed by atoms with Gasteiger partial charge in [0, 0.05) is 57.2 Å². The summed E-state index contributed by atoms with van der Waals surface area (Å²) in [5.74, 6) is 1.86. The molecule has 1 unspecified atom stereocenters. The van der Waals surface area contributed by atoms with Crippen LogP contribution in [0, 0.1) is 12.8 Å². The monoisotopic (exact) mass is 425 g/mol. The van der Waals surface area contributed by atoms with Crippen molar-refractivity contribution in [3.05, 3.63) is 59.4 Å². The van der Waals surface area contributed by atoms with Gasteiger partial charge in [0.15, 0.2) is 5.96 Å². The third-order valence-corrected chi connectivity index (χ3v) is 5.02. The van der Waals surface area contributed by atoms with Gasteiger partial charge in [-0.2, -0.15) is 0 Å². The summed E-state index contributed by atoms with van der Waals surface area (Å²) in [5, 5.41) is 9.37. The van der Waals surface area contributed by atoms with Gasteiger partial charge in [0.25, 0.3) is 5.91 Å². The first-order valence-electron chi connectivity index (χ1n) is 10.6. The third kappa shape index (κ3) is 7.25. The summed E-state index contributed by atoms with van der Waals surface area (Å²) in [4.78, 5) is 20.2. The predicted octanol–water partition coefficient (Wildman–Crippen LogP) is 1.90. The van der Waals surface area contributed by atoms with Gasteiger partial charge in [0.05, 0.1) is 18.8 Å². The molecular weight excluding hydrogens is 394 g/mol. The molecule has 2 heterocycles. The normalized spacial score (nSPS) is 16.1. The number of aromatic nitrogens is 1. The Morgan fingerprint density at radius 2 is 2.13 bits per heavy atom. The number of carbonyl (C=O) groups is 1. The minimum atomic E-state index is -0.146. The van der Waals surface area contributed by atoms with E-state index in [1.807, 2.05) is 0 Å². The maximum atomic E-state index is 12.0. The highest BCUT2D eigenvalue weighted by molar-refractivity contribution is 5.93. The highest BCUT2D eigenvalue weighted by Crippen LogP contribution is 2.22. The summed E-state index contributed by atoms with van der Waals surface area (Å²) < 4.78 is 11.5. The summed E-state index contributed by atoms with van der Waals surface area (Å²) in [6.45, 7) is 5.91. The molecule has 0 spiro atoms. The molecule has 1 aromatic heterocycles. The van der Waals surface area contributed by atoms with Gasteiger partial charge in [-0.15, -0.1) is 0 Å². The van der Waals surface area contributed by atoms with Gasteiger partial charge >= 0.3 is 0 Å². The number of pyridine rings is 1. The van der Waals surface area contributed by atoms with Crippen molar-refractivity contribution in [1.82, 2.24) is 20.9 Å². The van der Waals surface area contributed by atoms with E-state index in [-0.39, 0.29) is 5.91 Å². The van der Waals surface area contributed by atoms with E-state index in [9.17, 15) is 4.79 Å². The molecule has 1 aromatic carbocycles. The Kier molecular flexibility index (Phi) is 8.66. The van der Waals surface area contributed by atoms with Crippen LogP contribution >= 0.6 is 0 Å². The zero-order chi connectivity index (χ0) is 21.9. The molecule has 1 aliphatic rings. The number of nitrogens with zero attached hydrogens (tertiary/aromatic N) is 2. The zero-order valence-electron chi connectivity index (χ0n) is 18.2. The van der Waals surface area contributed by atoms with Crippen molar-refractivity contribution in [1.29, 1.82) is 0 Å². The first kappa shape index (κ1) is 22.6. The Labute approximate surface area is 183 Å². The second-order valence-electron chi connectivity index (χ2n) is 7.50. The molecule has 3 N–H and O–H groups in total. The SMILES string of the molecule is CN=C(NCCNC(=O)c1cccnc1)NCc1ccc(C)cc1OCC1CCOC1. The minimum absolute atomic E-state index is 0.146. The van der Waals surface area contributed by atoms with Crippen molar-refractivity contribution in [2.45, 2.75) is 19.9 Å². The van der Waals surface area contributed by atoms with Crippen molar-refractivity contribution in [2.75, 3.05) is 40.0 Å². The van der Waals surface area contributed by atoms with Crippen LogP contribution in [0.4, 0.5) is 0 Å². The van der Waals surface area contributed by atoms with E-state index >= 15 is 0 Å². The number of ether oxygens (including phenoxy) is 2. The molecule has 1 saturated heterocycles. The van der Waals surface area contributed by atoms with Crippen LogP contribution in [0.1, 0.15) is 27.9 Å². The lowest BCUT2D eigenvalue weighted by molar-refractivity contribution is 0.0954. The average Bonchev–Trinajstić information content (AvgIpc) is 3.32. The van der Waals surface area contributed by atoms with Gasteiger partial charge in [-0.3, -0.25) is 14.8 Å². The van der Waals surface area contributed by atoms with Crippen LogP contribution in [0.5, 0.6) is 5.75 Å². The molecule has 8 heteroatoms. The Bertz CT molecular complexity index is 867. The first-order valence-corrected chi connectivity index (χ1v) is 10.6. The number of guanidine groups is 1. The number of nitrogens with one attached hydrogen (secondary N) is 3. The summed E-state index contributed by atoms with van der Waals surface area (Å²) in [6, 6.07) is 9.69. The Hall–Kier alpha value is -3.13. The smallest absolute Gasteiger partial charge is 0.252 e. The number of aliphatic imine (C=N–C) groups is 1. The minimum Gasteiger partial charge on any atom is -0.493 e. The highest BCUT2D eigenvalue weighted by Gasteiger charge is 2.17. The molecular formula is C23H31N5O3. The lowest BCUT2D eigenvalue weighted by atomic mass is 10.1. The van der Waals surface area contributed by atoms with Crippen molar-refractivity contribution in [2.24, 2.45) is 10.9 Å². The Balaban J connectivity index is 1.44. The van der Waals surface area contributed by atoms with E-state index in [0.717, 1.165) is 36.5 Å². The Morgan fingerprint density at radius 1 is 1.26 bits per heavy atom. The van der Waals surface area contributed by atoms with Crippen LogP contribution in [0.25, 0.3) is 0 Å². The van der Waals surface area contributed by atoms with E-state index < -0.39 is 0 Å². The molecule has 2 aromatic rings. The molecule has 0 bridgehead atoms. The molecule has 0 saturated carbocycles. The molecule has 3 rings (SSSR count). The topological polar surface area (TPSA) is 96.9 Å². The number of aryl methyl sites for hydroxylation is 1. The lowest BCUT2D eigenvalue weighted by Crippen LogP contribution is -2.41. The number of benzene rings is 1. The molecule has 1 atom stereocenters. The largest absolute Gasteiger partial charge is 0.493 e. The van der Waals surface area contributed by atoms with Gasteiger partial charge in [-0.1, -0.05) is 12.1 Å². The number of carbonyl (C=O) groups excluding carboxylic acids is 1. The van der Waals surface area contributed by atoms with Crippen LogP contribution in [-0.2, 0) is 11.3 Å². The highest BCUT2D eigenvalue weighted by atomic mass is 16.5. The fourth-order valence-corrected chi connectivity index (χ4v) is 3.22. The number of rotatable bonds is 9. The van der Waals surface area contributed by atoms with Gasteiger partial charge < -0.3 is 25.4 Å². The molecule has 1 fully saturated rings. The van der Waals surface area contributed by atoms with Gasteiger partial charge in [0.1, 0.15) is 5.75 Å². The first-order chi connectivity index (χ1) is 15.2. The van der Waals surface area contributed by atoms with Crippen LogP contribution in [0.2, 0.25) is 0 Å². The van der Waals surface area contributed by atoms with E-state index in [2.05, 4.69) is 51.0 Å². The summed E-state index contributed by atoms with van der Waals surface area (Å²) >= 11 is 0. The van der Waals surface area contributed by atoms with Crippen LogP contribution < -0.4 is 20.7 Å². The number of amides is 1. The average molecular weight is 426 g/mol. The fourth-order valence-electron chi connectivity index (χ4n) is 3.22. The maximum absolute atomic E-state index is 12.0. The molecule has 1 aliphatic heterocycles. The number of hydrogen-bond donors (Lipinski definition) is 3. The quantitative estimate of drug-likeness (QED) is 0.323. The van der Waals surface area contributed by atoms with E-state index in [1.165, 1.54) is 0 Å². The molecule has 0 aliphatic carbocycles. The second kappa shape index (κ2) is 11.9. The summed E-state index contributed by atoms with van der Waals surface area (Å²) in [6.07, 6.45) is 4.24. The van der Waals surface area contributed by atoms with E-state index in [0.29, 0.717) is 43.7 Å². The third-order valence-electron chi connectivity index (χ3n) is 5.02. The van der Waals surface area contributed by atoms with Crippen LogP contribution in [-0.4, -0.2) is 56.8 Å². The number of hydrogen-bond acceptors (Lipinski definition) is 5. The molecule has 166 valence electrons. The predicted molar refractivity (Wildman–Crippen MR) is 120 cm³/mol.